The van der Waals surface area contributed by atoms with Gasteiger partial charge in [0.05, 0.1) is 0 Å². The highest BCUT2D eigenvalue weighted by molar-refractivity contribution is 5.82. The van der Waals surface area contributed by atoms with Gasteiger partial charge in [0.2, 0.25) is 0 Å². The van der Waals surface area contributed by atoms with Crippen LogP contribution >= 0.6 is 0 Å². The van der Waals surface area contributed by atoms with Crippen molar-refractivity contribution >= 4 is 5.78 Å². The Labute approximate surface area is 123 Å². The molecule has 20 heavy (non-hydrogen) atoms. The van der Waals surface area contributed by atoms with E-state index < -0.39 is 0 Å². The van der Waals surface area contributed by atoms with Crippen LogP contribution in [-0.2, 0) is 4.79 Å². The van der Waals surface area contributed by atoms with Crippen LogP contribution in [0.1, 0.15) is 78.1 Å². The molecule has 0 aliphatic heterocycles. The summed E-state index contributed by atoms with van der Waals surface area (Å²) in [6.45, 7) is 5.06. The maximum Gasteiger partial charge on any atom is 0.136 e. The molecule has 4 fully saturated rings. The second kappa shape index (κ2) is 4.34. The molecule has 4 aliphatic rings. The van der Waals surface area contributed by atoms with Crippen molar-refractivity contribution in [2.75, 3.05) is 0 Å². The van der Waals surface area contributed by atoms with Crippen LogP contribution in [0, 0.1) is 34.5 Å². The van der Waals surface area contributed by atoms with E-state index in [0.29, 0.717) is 22.5 Å². The molecule has 0 heterocycles. The summed E-state index contributed by atoms with van der Waals surface area (Å²) in [6.07, 6.45) is 13.2. The minimum atomic E-state index is 0.363. The molecule has 0 spiro atoms. The summed E-state index contributed by atoms with van der Waals surface area (Å²) in [5.74, 6) is 3.82. The molecule has 0 amide bonds. The lowest BCUT2D eigenvalue weighted by atomic mass is 9.45. The topological polar surface area (TPSA) is 17.1 Å². The predicted octanol–water partition coefficient (Wildman–Crippen LogP) is 4.99. The van der Waals surface area contributed by atoms with Crippen molar-refractivity contribution in [1.29, 1.82) is 0 Å². The first-order chi connectivity index (χ1) is 9.55. The Hall–Kier alpha value is -0.330. The number of fused-ring (bicyclic) bond motifs is 5. The van der Waals surface area contributed by atoms with E-state index in [4.69, 9.17) is 0 Å². The van der Waals surface area contributed by atoms with E-state index in [1.807, 2.05) is 0 Å². The number of hydrogen-bond donors (Lipinski definition) is 0. The Morgan fingerprint density at radius 1 is 0.900 bits per heavy atom. The van der Waals surface area contributed by atoms with Crippen molar-refractivity contribution in [3.05, 3.63) is 0 Å². The molecule has 0 aromatic rings. The third-order valence-corrected chi connectivity index (χ3v) is 8.18. The molecule has 1 heteroatoms. The van der Waals surface area contributed by atoms with Gasteiger partial charge in [-0.15, -0.1) is 0 Å². The van der Waals surface area contributed by atoms with Crippen molar-refractivity contribution in [2.24, 2.45) is 34.5 Å². The van der Waals surface area contributed by atoms with E-state index in [0.717, 1.165) is 30.6 Å². The zero-order valence-corrected chi connectivity index (χ0v) is 13.3. The molecule has 0 aromatic heterocycles. The first-order valence-corrected chi connectivity index (χ1v) is 9.07. The van der Waals surface area contributed by atoms with Crippen LogP contribution in [-0.4, -0.2) is 5.78 Å². The van der Waals surface area contributed by atoms with E-state index in [1.165, 1.54) is 51.4 Å². The number of hydrogen-bond acceptors (Lipinski definition) is 1. The number of Topliss-reactive ketones (excluding diaryl/α,β-unsaturated/α-hetero) is 1. The molecular weight excluding hydrogens is 244 g/mol. The third-order valence-electron chi connectivity index (χ3n) is 8.18. The van der Waals surface area contributed by atoms with Gasteiger partial charge in [-0.1, -0.05) is 20.3 Å². The molecular formula is C19H30O. The summed E-state index contributed by atoms with van der Waals surface area (Å²) >= 11 is 0. The van der Waals surface area contributed by atoms with E-state index in [2.05, 4.69) is 13.8 Å². The fourth-order valence-corrected chi connectivity index (χ4v) is 7.16. The minimum Gasteiger partial charge on any atom is -0.299 e. The summed E-state index contributed by atoms with van der Waals surface area (Å²) in [5, 5.41) is 0. The molecule has 1 nitrogen and oxygen atoms in total. The summed E-state index contributed by atoms with van der Waals surface area (Å²) < 4.78 is 0. The molecule has 6 atom stereocenters. The Morgan fingerprint density at radius 2 is 1.75 bits per heavy atom. The van der Waals surface area contributed by atoms with Crippen LogP contribution in [0.2, 0.25) is 0 Å². The molecule has 0 radical (unpaired) electrons. The Balaban J connectivity index is 1.67. The number of carbonyl (C=O) groups excluding carboxylic acids is 1. The minimum absolute atomic E-state index is 0.363. The van der Waals surface area contributed by atoms with Crippen molar-refractivity contribution in [1.82, 2.24) is 0 Å². The maximum absolute atomic E-state index is 12.4. The number of ketones is 1. The van der Waals surface area contributed by atoms with E-state index >= 15 is 0 Å². The Kier molecular flexibility index (Phi) is 2.89. The Bertz CT molecular complexity index is 427. The van der Waals surface area contributed by atoms with Gasteiger partial charge in [-0.25, -0.2) is 0 Å². The molecule has 112 valence electrons. The average molecular weight is 274 g/mol. The van der Waals surface area contributed by atoms with Crippen molar-refractivity contribution < 1.29 is 4.79 Å². The zero-order chi connectivity index (χ0) is 14.0. The van der Waals surface area contributed by atoms with Crippen molar-refractivity contribution in [2.45, 2.75) is 78.1 Å². The zero-order valence-electron chi connectivity index (χ0n) is 13.3. The van der Waals surface area contributed by atoms with Gasteiger partial charge >= 0.3 is 0 Å². The molecule has 0 unspecified atom stereocenters. The first-order valence-electron chi connectivity index (χ1n) is 9.07. The summed E-state index contributed by atoms with van der Waals surface area (Å²) in [7, 11) is 0. The summed E-state index contributed by atoms with van der Waals surface area (Å²) in [4.78, 5) is 12.4. The lowest BCUT2D eigenvalue weighted by Crippen LogP contribution is -2.53. The van der Waals surface area contributed by atoms with Gasteiger partial charge in [0.1, 0.15) is 5.78 Å². The normalized spacial score (nSPS) is 55.0. The van der Waals surface area contributed by atoms with E-state index in [9.17, 15) is 4.79 Å². The molecule has 4 saturated carbocycles. The quantitative estimate of drug-likeness (QED) is 0.608. The highest BCUT2D eigenvalue weighted by Gasteiger charge is 2.58. The van der Waals surface area contributed by atoms with Crippen LogP contribution in [0.15, 0.2) is 0 Å². The average Bonchev–Trinajstić information content (AvgIpc) is 2.80. The van der Waals surface area contributed by atoms with Crippen LogP contribution < -0.4 is 0 Å². The van der Waals surface area contributed by atoms with Crippen molar-refractivity contribution in [3.8, 4) is 0 Å². The number of rotatable bonds is 0. The van der Waals surface area contributed by atoms with Crippen LogP contribution in [0.25, 0.3) is 0 Å². The van der Waals surface area contributed by atoms with Gasteiger partial charge in [0.25, 0.3) is 0 Å². The van der Waals surface area contributed by atoms with E-state index in [-0.39, 0.29) is 0 Å². The smallest absolute Gasteiger partial charge is 0.136 e. The highest BCUT2D eigenvalue weighted by Crippen LogP contribution is 2.65. The lowest BCUT2D eigenvalue weighted by Gasteiger charge is -2.59. The second-order valence-corrected chi connectivity index (χ2v) is 8.92. The molecule has 0 bridgehead atoms. The van der Waals surface area contributed by atoms with Gasteiger partial charge in [0, 0.05) is 12.3 Å². The standard InChI is InChI=1S/C19H30O/c1-18-10-3-5-14(18)13-7-8-16-17(20)6-4-11-19(16,2)15(13)9-12-18/h13-16H,3-12H2,1-2H3/t13-,14-,15-,16+,18+,19-/m1/s1. The Morgan fingerprint density at radius 3 is 2.60 bits per heavy atom. The fraction of sp³-hybridized carbons (Fsp3) is 0.947. The molecule has 0 saturated heterocycles. The van der Waals surface area contributed by atoms with Crippen LogP contribution in [0.4, 0.5) is 0 Å². The maximum atomic E-state index is 12.4. The summed E-state index contributed by atoms with van der Waals surface area (Å²) in [6, 6.07) is 0. The SMILES string of the molecule is C[C@@]12CCC[C@@H]1[C@H]1CC[C@H]3C(=O)CCC[C@]3(C)[C@@H]1CC2. The third kappa shape index (κ3) is 1.64. The van der Waals surface area contributed by atoms with Crippen molar-refractivity contribution in [3.63, 3.8) is 0 Å². The molecule has 4 aliphatic carbocycles. The first kappa shape index (κ1) is 13.3. The molecule has 0 aromatic carbocycles. The van der Waals surface area contributed by atoms with Gasteiger partial charge in [0.15, 0.2) is 0 Å². The van der Waals surface area contributed by atoms with Gasteiger partial charge < -0.3 is 0 Å². The van der Waals surface area contributed by atoms with Gasteiger partial charge in [-0.05, 0) is 80.0 Å². The predicted molar refractivity (Wildman–Crippen MR) is 81.4 cm³/mol. The largest absolute Gasteiger partial charge is 0.299 e. The summed E-state index contributed by atoms with van der Waals surface area (Å²) in [5.41, 5.74) is 1.02. The van der Waals surface area contributed by atoms with Gasteiger partial charge in [-0.3, -0.25) is 4.79 Å². The molecule has 4 rings (SSSR count). The lowest BCUT2D eigenvalue weighted by molar-refractivity contribution is -0.146. The van der Waals surface area contributed by atoms with E-state index in [1.54, 1.807) is 0 Å². The van der Waals surface area contributed by atoms with Crippen LogP contribution in [0.5, 0.6) is 0 Å². The van der Waals surface area contributed by atoms with Gasteiger partial charge in [-0.2, -0.15) is 0 Å². The number of carbonyl (C=O) groups is 1. The monoisotopic (exact) mass is 274 g/mol. The van der Waals surface area contributed by atoms with Crippen LogP contribution in [0.3, 0.4) is 0 Å². The second-order valence-electron chi connectivity index (χ2n) is 8.92. The highest BCUT2D eigenvalue weighted by atomic mass is 16.1. The molecule has 0 N–H and O–H groups in total. The fourth-order valence-electron chi connectivity index (χ4n) is 7.16.